The predicted molar refractivity (Wildman–Crippen MR) is 100 cm³/mol. The van der Waals surface area contributed by atoms with E-state index in [4.69, 9.17) is 11.6 Å². The quantitative estimate of drug-likeness (QED) is 0.584. The highest BCUT2D eigenvalue weighted by molar-refractivity contribution is 7.90. The van der Waals surface area contributed by atoms with E-state index in [0.717, 1.165) is 21.7 Å². The average molecular weight is 380 g/mol. The number of nitrogens with one attached hydrogen (secondary N) is 1. The van der Waals surface area contributed by atoms with E-state index in [2.05, 4.69) is 24.2 Å². The molecule has 0 spiro atoms. The Morgan fingerprint density at radius 1 is 1.43 bits per heavy atom. The maximum Gasteiger partial charge on any atom is 0.193 e. The molecule has 0 unspecified atom stereocenters. The van der Waals surface area contributed by atoms with E-state index >= 15 is 0 Å². The molecule has 0 saturated carbocycles. The minimum Gasteiger partial charge on any atom is -0.356 e. The molecule has 23 heavy (non-hydrogen) atoms. The van der Waals surface area contributed by atoms with Crippen LogP contribution in [-0.2, 0) is 16.4 Å². The van der Waals surface area contributed by atoms with Gasteiger partial charge in [-0.3, -0.25) is 4.99 Å². The number of guanidine groups is 1. The molecule has 0 aliphatic heterocycles. The third-order valence-electron chi connectivity index (χ3n) is 3.47. The third-order valence-corrected chi connectivity index (χ3v) is 5.63. The standard InChI is InChI=1S/C15H26ClN3O2S2/c1-15(2,8-9-23(5,20)21)11-18-14(17-3)19(4)10-12-6-7-13(16)22-12/h6-7H,8-11H2,1-5H3,(H,17,18). The molecule has 0 aliphatic rings. The molecule has 0 aliphatic carbocycles. The molecule has 0 radical (unpaired) electrons. The maximum atomic E-state index is 11.3. The summed E-state index contributed by atoms with van der Waals surface area (Å²) in [6.07, 6.45) is 1.88. The Morgan fingerprint density at radius 2 is 2.09 bits per heavy atom. The fraction of sp³-hybridized carbons (Fsp3) is 0.667. The van der Waals surface area contributed by atoms with Crippen LogP contribution in [-0.4, -0.2) is 51.9 Å². The van der Waals surface area contributed by atoms with Crippen LogP contribution in [0.4, 0.5) is 0 Å². The largest absolute Gasteiger partial charge is 0.356 e. The Bertz CT molecular complexity index is 639. The zero-order chi connectivity index (χ0) is 17.7. The van der Waals surface area contributed by atoms with Crippen molar-refractivity contribution in [2.24, 2.45) is 10.4 Å². The molecule has 132 valence electrons. The molecule has 8 heteroatoms. The van der Waals surface area contributed by atoms with Crippen LogP contribution in [0.25, 0.3) is 0 Å². The second-order valence-electron chi connectivity index (χ2n) is 6.51. The number of thiophene rings is 1. The number of rotatable bonds is 7. The summed E-state index contributed by atoms with van der Waals surface area (Å²) in [6, 6.07) is 3.90. The normalized spacial score (nSPS) is 13.2. The van der Waals surface area contributed by atoms with E-state index in [1.807, 2.05) is 24.1 Å². The van der Waals surface area contributed by atoms with E-state index in [-0.39, 0.29) is 11.2 Å². The molecule has 0 amide bonds. The van der Waals surface area contributed by atoms with Crippen molar-refractivity contribution in [3.8, 4) is 0 Å². The number of sulfone groups is 1. The lowest BCUT2D eigenvalue weighted by Crippen LogP contribution is -2.43. The van der Waals surface area contributed by atoms with Crippen molar-refractivity contribution in [1.82, 2.24) is 10.2 Å². The van der Waals surface area contributed by atoms with Gasteiger partial charge in [0.2, 0.25) is 0 Å². The van der Waals surface area contributed by atoms with Gasteiger partial charge in [-0.15, -0.1) is 11.3 Å². The smallest absolute Gasteiger partial charge is 0.193 e. The first-order valence-electron chi connectivity index (χ1n) is 7.36. The molecular weight excluding hydrogens is 354 g/mol. The minimum absolute atomic E-state index is 0.133. The van der Waals surface area contributed by atoms with E-state index < -0.39 is 9.84 Å². The van der Waals surface area contributed by atoms with Gasteiger partial charge < -0.3 is 10.2 Å². The van der Waals surface area contributed by atoms with Crippen LogP contribution in [0.2, 0.25) is 4.34 Å². The highest BCUT2D eigenvalue weighted by Crippen LogP contribution is 2.23. The SMILES string of the molecule is CN=C(NCC(C)(C)CCS(C)(=O)=O)N(C)Cc1ccc(Cl)s1. The summed E-state index contributed by atoms with van der Waals surface area (Å²) in [5.41, 5.74) is -0.133. The second kappa shape index (κ2) is 8.35. The van der Waals surface area contributed by atoms with Crippen molar-refractivity contribution in [1.29, 1.82) is 0 Å². The molecule has 0 saturated heterocycles. The molecule has 0 fully saturated rings. The first-order chi connectivity index (χ1) is 10.5. The van der Waals surface area contributed by atoms with Crippen LogP contribution < -0.4 is 5.32 Å². The third kappa shape index (κ3) is 8.04. The summed E-state index contributed by atoms with van der Waals surface area (Å²) in [5.74, 6) is 0.978. The molecule has 5 nitrogen and oxygen atoms in total. The lowest BCUT2D eigenvalue weighted by molar-refractivity contribution is 0.340. The van der Waals surface area contributed by atoms with Gasteiger partial charge >= 0.3 is 0 Å². The topological polar surface area (TPSA) is 61.8 Å². The Hall–Kier alpha value is -0.790. The molecule has 0 bridgehead atoms. The van der Waals surface area contributed by atoms with Crippen LogP contribution in [0.5, 0.6) is 0 Å². The van der Waals surface area contributed by atoms with Crippen LogP contribution in [0.15, 0.2) is 17.1 Å². The first kappa shape index (κ1) is 20.3. The number of halogens is 1. The summed E-state index contributed by atoms with van der Waals surface area (Å²) in [7, 11) is 0.769. The summed E-state index contributed by atoms with van der Waals surface area (Å²) < 4.78 is 23.4. The Labute approximate surface area is 148 Å². The van der Waals surface area contributed by atoms with Crippen LogP contribution in [0.1, 0.15) is 25.1 Å². The Morgan fingerprint density at radius 3 is 2.57 bits per heavy atom. The number of nitrogens with zero attached hydrogens (tertiary/aromatic N) is 2. The summed E-state index contributed by atoms with van der Waals surface area (Å²) in [4.78, 5) is 7.47. The van der Waals surface area contributed by atoms with Crippen LogP contribution >= 0.6 is 22.9 Å². The highest BCUT2D eigenvalue weighted by atomic mass is 35.5. The fourth-order valence-corrected chi connectivity index (χ4v) is 4.06. The highest BCUT2D eigenvalue weighted by Gasteiger charge is 2.21. The lowest BCUT2D eigenvalue weighted by Gasteiger charge is -2.28. The average Bonchev–Trinajstić information content (AvgIpc) is 2.82. The van der Waals surface area contributed by atoms with Gasteiger partial charge in [0.25, 0.3) is 0 Å². The molecule has 1 N–H and O–H groups in total. The number of hydrogen-bond donors (Lipinski definition) is 1. The van der Waals surface area contributed by atoms with Crippen LogP contribution in [0, 0.1) is 5.41 Å². The van der Waals surface area contributed by atoms with E-state index in [1.54, 1.807) is 18.4 Å². The maximum absolute atomic E-state index is 11.3. The van der Waals surface area contributed by atoms with Gasteiger partial charge in [-0.1, -0.05) is 25.4 Å². The van der Waals surface area contributed by atoms with Crippen molar-refractivity contribution in [2.45, 2.75) is 26.8 Å². The van der Waals surface area contributed by atoms with Crippen molar-refractivity contribution in [2.75, 3.05) is 32.6 Å². The summed E-state index contributed by atoms with van der Waals surface area (Å²) in [6.45, 7) is 5.49. The van der Waals surface area contributed by atoms with Gasteiger partial charge in [0.05, 0.1) is 16.6 Å². The van der Waals surface area contributed by atoms with Gasteiger partial charge in [0.1, 0.15) is 9.84 Å². The summed E-state index contributed by atoms with van der Waals surface area (Å²) >= 11 is 7.51. The van der Waals surface area contributed by atoms with E-state index in [9.17, 15) is 8.42 Å². The van der Waals surface area contributed by atoms with Gasteiger partial charge in [-0.25, -0.2) is 8.42 Å². The number of hydrogen-bond acceptors (Lipinski definition) is 4. The van der Waals surface area contributed by atoms with Crippen molar-refractivity contribution in [3.63, 3.8) is 0 Å². The zero-order valence-corrected chi connectivity index (χ0v) is 16.8. The predicted octanol–water partition coefficient (Wildman–Crippen LogP) is 2.87. The number of aliphatic imine (C=N–C) groups is 1. The minimum atomic E-state index is -2.94. The first-order valence-corrected chi connectivity index (χ1v) is 10.6. The summed E-state index contributed by atoms with van der Waals surface area (Å²) in [5, 5.41) is 3.33. The Kier molecular flexibility index (Phi) is 7.35. The molecule has 0 aromatic carbocycles. The zero-order valence-electron chi connectivity index (χ0n) is 14.4. The molecular formula is C15H26ClN3O2S2. The van der Waals surface area contributed by atoms with E-state index in [0.29, 0.717) is 13.0 Å². The van der Waals surface area contributed by atoms with Crippen molar-refractivity contribution in [3.05, 3.63) is 21.3 Å². The Balaban J connectivity index is 2.55. The van der Waals surface area contributed by atoms with Crippen molar-refractivity contribution >= 4 is 38.7 Å². The second-order valence-corrected chi connectivity index (χ2v) is 10.6. The molecule has 1 rings (SSSR count). The van der Waals surface area contributed by atoms with E-state index in [1.165, 1.54) is 6.26 Å². The van der Waals surface area contributed by atoms with Gasteiger partial charge in [0, 0.05) is 31.8 Å². The molecule has 1 heterocycles. The molecule has 0 atom stereocenters. The molecule has 1 aromatic rings. The molecule has 1 aromatic heterocycles. The van der Waals surface area contributed by atoms with Crippen molar-refractivity contribution < 1.29 is 8.42 Å². The van der Waals surface area contributed by atoms with Gasteiger partial charge in [-0.05, 0) is 24.0 Å². The fourth-order valence-electron chi connectivity index (χ4n) is 2.00. The lowest BCUT2D eigenvalue weighted by atomic mass is 9.90. The van der Waals surface area contributed by atoms with Gasteiger partial charge in [-0.2, -0.15) is 0 Å². The van der Waals surface area contributed by atoms with Crippen LogP contribution in [0.3, 0.4) is 0 Å². The monoisotopic (exact) mass is 379 g/mol. The van der Waals surface area contributed by atoms with Gasteiger partial charge in [0.15, 0.2) is 5.96 Å².